The molecule has 13 heavy (non-hydrogen) atoms. The fourth-order valence-electron chi connectivity index (χ4n) is 0.998. The first-order valence-electron chi connectivity index (χ1n) is 4.04. The maximum atomic E-state index is 11.1. The molecule has 1 atom stereocenters. The van der Waals surface area contributed by atoms with Crippen LogP contribution in [0.25, 0.3) is 0 Å². The summed E-state index contributed by atoms with van der Waals surface area (Å²) in [6, 6.07) is 0. The number of hydrogen-bond donors (Lipinski definition) is 2. The summed E-state index contributed by atoms with van der Waals surface area (Å²) in [6.45, 7) is 2.17. The highest BCUT2D eigenvalue weighted by Crippen LogP contribution is 1.91. The molecule has 3 N–H and O–H groups in total. The van der Waals surface area contributed by atoms with Gasteiger partial charge in [-0.2, -0.15) is 0 Å². The van der Waals surface area contributed by atoms with Crippen molar-refractivity contribution >= 4 is 0 Å². The Labute approximate surface area is 75.8 Å². The highest BCUT2D eigenvalue weighted by atomic mass is 16.3. The quantitative estimate of drug-likeness (QED) is 0.621. The number of hydrogen-bond acceptors (Lipinski definition) is 4. The largest absolute Gasteiger partial charge is 0.390 e. The molecule has 1 rings (SSSR count). The van der Waals surface area contributed by atoms with Crippen molar-refractivity contribution in [3.8, 4) is 0 Å². The molecule has 0 aliphatic rings. The van der Waals surface area contributed by atoms with E-state index in [4.69, 9.17) is 5.73 Å². The van der Waals surface area contributed by atoms with Crippen molar-refractivity contribution in [3.63, 3.8) is 0 Å². The first kappa shape index (κ1) is 9.88. The SMILES string of the molecule is Cc1cnc(=O)n(CC(O)CN)c1. The van der Waals surface area contributed by atoms with E-state index in [0.717, 1.165) is 5.56 Å². The van der Waals surface area contributed by atoms with Gasteiger partial charge in [-0.05, 0) is 12.5 Å². The van der Waals surface area contributed by atoms with Crippen LogP contribution in [0.2, 0.25) is 0 Å². The summed E-state index contributed by atoms with van der Waals surface area (Å²) in [5, 5.41) is 9.21. The van der Waals surface area contributed by atoms with Gasteiger partial charge in [0.15, 0.2) is 0 Å². The summed E-state index contributed by atoms with van der Waals surface area (Å²) in [5.74, 6) is 0. The molecule has 0 aromatic carbocycles. The Bertz CT molecular complexity index is 334. The molecule has 0 saturated heterocycles. The van der Waals surface area contributed by atoms with Crippen LogP contribution in [-0.4, -0.2) is 27.3 Å². The summed E-state index contributed by atoms with van der Waals surface area (Å²) >= 11 is 0. The van der Waals surface area contributed by atoms with Gasteiger partial charge in [0.25, 0.3) is 0 Å². The third kappa shape index (κ3) is 2.64. The van der Waals surface area contributed by atoms with Crippen LogP contribution >= 0.6 is 0 Å². The van der Waals surface area contributed by atoms with Crippen molar-refractivity contribution in [3.05, 3.63) is 28.4 Å². The molecule has 0 radical (unpaired) electrons. The highest BCUT2D eigenvalue weighted by Gasteiger charge is 2.04. The predicted octanol–water partition coefficient (Wildman–Crippen LogP) is -1.13. The number of nitrogens with two attached hydrogens (primary N) is 1. The van der Waals surface area contributed by atoms with Crippen LogP contribution in [0.5, 0.6) is 0 Å². The molecule has 0 bridgehead atoms. The van der Waals surface area contributed by atoms with E-state index in [-0.39, 0.29) is 18.8 Å². The van der Waals surface area contributed by atoms with E-state index >= 15 is 0 Å². The lowest BCUT2D eigenvalue weighted by Crippen LogP contribution is -2.32. The smallest absolute Gasteiger partial charge is 0.347 e. The Morgan fingerprint density at radius 1 is 1.77 bits per heavy atom. The summed E-state index contributed by atoms with van der Waals surface area (Å²) in [5.41, 5.74) is 5.74. The number of aliphatic hydroxyl groups is 1. The maximum Gasteiger partial charge on any atom is 0.347 e. The minimum atomic E-state index is -0.693. The van der Waals surface area contributed by atoms with Crippen LogP contribution in [0.1, 0.15) is 5.56 Å². The average Bonchev–Trinajstić information content (AvgIpc) is 2.11. The zero-order valence-electron chi connectivity index (χ0n) is 7.47. The van der Waals surface area contributed by atoms with Gasteiger partial charge in [-0.3, -0.25) is 4.57 Å². The fourth-order valence-corrected chi connectivity index (χ4v) is 0.998. The molecule has 72 valence electrons. The summed E-state index contributed by atoms with van der Waals surface area (Å²) in [7, 11) is 0. The van der Waals surface area contributed by atoms with Crippen LogP contribution in [0.3, 0.4) is 0 Å². The standard InChI is InChI=1S/C8H13N3O2/c1-6-3-10-8(13)11(4-6)5-7(12)2-9/h3-4,7,12H,2,5,9H2,1H3. The molecule has 0 amide bonds. The normalized spacial score (nSPS) is 12.8. The van der Waals surface area contributed by atoms with Crippen molar-refractivity contribution in [1.29, 1.82) is 0 Å². The first-order chi connectivity index (χ1) is 6.13. The number of aliphatic hydroxyl groups excluding tert-OH is 1. The number of aryl methyl sites for hydroxylation is 1. The number of aromatic nitrogens is 2. The topological polar surface area (TPSA) is 81.1 Å². The predicted molar refractivity (Wildman–Crippen MR) is 48.3 cm³/mol. The second-order valence-electron chi connectivity index (χ2n) is 2.96. The molecule has 0 fully saturated rings. The van der Waals surface area contributed by atoms with Crippen LogP contribution in [0.4, 0.5) is 0 Å². The lowest BCUT2D eigenvalue weighted by atomic mass is 10.3. The molecule has 0 saturated carbocycles. The fraction of sp³-hybridized carbons (Fsp3) is 0.500. The molecular formula is C8H13N3O2. The van der Waals surface area contributed by atoms with Crippen molar-refractivity contribution < 1.29 is 5.11 Å². The third-order valence-electron chi connectivity index (χ3n) is 1.66. The van der Waals surface area contributed by atoms with Crippen molar-refractivity contribution in [1.82, 2.24) is 9.55 Å². The lowest BCUT2D eigenvalue weighted by molar-refractivity contribution is 0.160. The Balaban J connectivity index is 2.87. The van der Waals surface area contributed by atoms with Crippen LogP contribution in [0, 0.1) is 6.92 Å². The zero-order valence-corrected chi connectivity index (χ0v) is 7.47. The zero-order chi connectivity index (χ0) is 9.84. The Morgan fingerprint density at radius 2 is 2.46 bits per heavy atom. The number of rotatable bonds is 3. The monoisotopic (exact) mass is 183 g/mol. The second-order valence-corrected chi connectivity index (χ2v) is 2.96. The van der Waals surface area contributed by atoms with E-state index in [9.17, 15) is 9.90 Å². The molecule has 1 aromatic heterocycles. The first-order valence-corrected chi connectivity index (χ1v) is 4.04. The van der Waals surface area contributed by atoms with Crippen LogP contribution in [0.15, 0.2) is 17.2 Å². The van der Waals surface area contributed by atoms with Gasteiger partial charge in [0.05, 0.1) is 12.6 Å². The number of nitrogens with zero attached hydrogens (tertiary/aromatic N) is 2. The van der Waals surface area contributed by atoms with Crippen molar-refractivity contribution in [2.45, 2.75) is 19.6 Å². The van der Waals surface area contributed by atoms with E-state index in [1.807, 2.05) is 6.92 Å². The summed E-state index contributed by atoms with van der Waals surface area (Å²) in [4.78, 5) is 14.7. The molecule has 5 nitrogen and oxygen atoms in total. The minimum Gasteiger partial charge on any atom is -0.390 e. The summed E-state index contributed by atoms with van der Waals surface area (Å²) in [6.07, 6.45) is 2.45. The van der Waals surface area contributed by atoms with Crippen molar-refractivity contribution in [2.75, 3.05) is 6.54 Å². The van der Waals surface area contributed by atoms with Gasteiger partial charge in [0.2, 0.25) is 0 Å². The van der Waals surface area contributed by atoms with Crippen molar-refractivity contribution in [2.24, 2.45) is 5.73 Å². The van der Waals surface area contributed by atoms with Gasteiger partial charge in [-0.15, -0.1) is 0 Å². The molecule has 0 spiro atoms. The van der Waals surface area contributed by atoms with E-state index in [1.54, 1.807) is 6.20 Å². The maximum absolute atomic E-state index is 11.1. The Morgan fingerprint density at radius 3 is 3.08 bits per heavy atom. The molecule has 1 heterocycles. The van der Waals surface area contributed by atoms with Gasteiger partial charge >= 0.3 is 5.69 Å². The molecule has 5 heteroatoms. The van der Waals surface area contributed by atoms with E-state index in [1.165, 1.54) is 10.8 Å². The molecule has 0 aliphatic heterocycles. The van der Waals surface area contributed by atoms with Gasteiger partial charge in [-0.25, -0.2) is 9.78 Å². The van der Waals surface area contributed by atoms with Gasteiger partial charge in [0, 0.05) is 18.9 Å². The molecule has 1 unspecified atom stereocenters. The third-order valence-corrected chi connectivity index (χ3v) is 1.66. The average molecular weight is 183 g/mol. The highest BCUT2D eigenvalue weighted by molar-refractivity contribution is 4.99. The van der Waals surface area contributed by atoms with Crippen LogP contribution in [-0.2, 0) is 6.54 Å². The molecular weight excluding hydrogens is 170 g/mol. The van der Waals surface area contributed by atoms with Crippen LogP contribution < -0.4 is 11.4 Å². The summed E-state index contributed by atoms with van der Waals surface area (Å²) < 4.78 is 1.35. The van der Waals surface area contributed by atoms with Gasteiger partial charge < -0.3 is 10.8 Å². The van der Waals surface area contributed by atoms with E-state index in [2.05, 4.69) is 4.98 Å². The van der Waals surface area contributed by atoms with E-state index < -0.39 is 6.10 Å². The second kappa shape index (κ2) is 4.15. The minimum absolute atomic E-state index is 0.139. The van der Waals surface area contributed by atoms with Gasteiger partial charge in [-0.1, -0.05) is 0 Å². The molecule has 1 aromatic rings. The Hall–Kier alpha value is -1.20. The lowest BCUT2D eigenvalue weighted by Gasteiger charge is -2.09. The Kier molecular flexibility index (Phi) is 3.16. The van der Waals surface area contributed by atoms with E-state index in [0.29, 0.717) is 0 Å². The molecule has 0 aliphatic carbocycles. The van der Waals surface area contributed by atoms with Gasteiger partial charge in [0.1, 0.15) is 0 Å².